The molecule has 1 unspecified atom stereocenters. The number of rotatable bonds is 8. The average Bonchev–Trinajstić information content (AvgIpc) is 3.00. The van der Waals surface area contributed by atoms with Crippen LogP contribution in [-0.2, 0) is 30.4 Å². The molecule has 29 heavy (non-hydrogen) atoms. The summed E-state index contributed by atoms with van der Waals surface area (Å²) < 4.78 is 10.2. The number of carbonyl (C=O) groups excluding carboxylic acids is 4. The molecule has 0 spiro atoms. The molecule has 3 rings (SSSR count). The molecule has 9 nitrogen and oxygen atoms in total. The van der Waals surface area contributed by atoms with Gasteiger partial charge < -0.3 is 19.7 Å². The topological polar surface area (TPSA) is 114 Å². The van der Waals surface area contributed by atoms with Gasteiger partial charge >= 0.3 is 0 Å². The second-order valence-corrected chi connectivity index (χ2v) is 6.63. The minimum Gasteiger partial charge on any atom is -0.369 e. The molecule has 1 aromatic carbocycles. The third-order valence-electron chi connectivity index (χ3n) is 4.60. The van der Waals surface area contributed by atoms with Crippen LogP contribution >= 0.6 is 0 Å². The van der Waals surface area contributed by atoms with Crippen LogP contribution in [0.3, 0.4) is 0 Å². The molecule has 0 saturated carbocycles. The van der Waals surface area contributed by atoms with E-state index in [2.05, 4.69) is 16.6 Å². The van der Waals surface area contributed by atoms with Gasteiger partial charge in [-0.15, -0.1) is 6.42 Å². The molecular weight excluding hydrogens is 378 g/mol. The standard InChI is InChI=1S/C20H21N3O6/c1-2-7-28-8-9-29-12-18(25)21-14-3-4-15-13(10-14)11-23(20(15)27)16-5-6-17(24)22-19(16)26/h1,3-4,10,16H,5-9,11-12H2,(H,21,25)(H,22,24,26). The van der Waals surface area contributed by atoms with Crippen molar-refractivity contribution in [2.24, 2.45) is 0 Å². The SMILES string of the molecule is C#CCOCCOCC(=O)Nc1ccc2c(c1)CN(C1CCC(=O)NC1=O)C2=O. The van der Waals surface area contributed by atoms with Gasteiger partial charge in [-0.3, -0.25) is 24.5 Å². The third-order valence-corrected chi connectivity index (χ3v) is 4.60. The highest BCUT2D eigenvalue weighted by Crippen LogP contribution is 2.29. The highest BCUT2D eigenvalue weighted by molar-refractivity contribution is 6.05. The minimum atomic E-state index is -0.671. The number of terminal acetylenes is 1. The molecule has 152 valence electrons. The number of ether oxygens (including phenoxy) is 2. The molecular formula is C20H21N3O6. The van der Waals surface area contributed by atoms with Gasteiger partial charge in [0, 0.05) is 24.2 Å². The molecule has 0 radical (unpaired) electrons. The summed E-state index contributed by atoms with van der Waals surface area (Å²) in [5.41, 5.74) is 1.72. The van der Waals surface area contributed by atoms with Crippen LogP contribution in [0.25, 0.3) is 0 Å². The molecule has 1 aromatic rings. The Balaban J connectivity index is 1.54. The Morgan fingerprint density at radius 3 is 2.83 bits per heavy atom. The molecule has 1 fully saturated rings. The fourth-order valence-corrected chi connectivity index (χ4v) is 3.26. The van der Waals surface area contributed by atoms with Gasteiger partial charge in [0.2, 0.25) is 17.7 Å². The maximum absolute atomic E-state index is 12.6. The first-order valence-electron chi connectivity index (χ1n) is 9.16. The van der Waals surface area contributed by atoms with Crippen LogP contribution in [0.4, 0.5) is 5.69 Å². The first kappa shape index (κ1) is 20.5. The lowest BCUT2D eigenvalue weighted by Gasteiger charge is -2.29. The zero-order valence-corrected chi connectivity index (χ0v) is 15.7. The fraction of sp³-hybridized carbons (Fsp3) is 0.400. The summed E-state index contributed by atoms with van der Waals surface area (Å²) >= 11 is 0. The number of amides is 4. The van der Waals surface area contributed by atoms with Crippen LogP contribution in [0.1, 0.15) is 28.8 Å². The van der Waals surface area contributed by atoms with E-state index in [0.29, 0.717) is 29.8 Å². The van der Waals surface area contributed by atoms with E-state index in [1.165, 1.54) is 4.90 Å². The number of piperidine rings is 1. The van der Waals surface area contributed by atoms with Gasteiger partial charge in [0.25, 0.3) is 5.91 Å². The number of fused-ring (bicyclic) bond motifs is 1. The van der Waals surface area contributed by atoms with E-state index in [1.807, 2.05) is 0 Å². The first-order chi connectivity index (χ1) is 14.0. The van der Waals surface area contributed by atoms with Gasteiger partial charge in [-0.2, -0.15) is 0 Å². The Labute approximate surface area is 167 Å². The molecule has 1 atom stereocenters. The molecule has 2 aliphatic rings. The number of carbonyl (C=O) groups is 4. The zero-order valence-electron chi connectivity index (χ0n) is 15.7. The molecule has 1 saturated heterocycles. The van der Waals surface area contributed by atoms with Crippen molar-refractivity contribution in [3.63, 3.8) is 0 Å². The fourth-order valence-electron chi connectivity index (χ4n) is 3.26. The van der Waals surface area contributed by atoms with Crippen LogP contribution in [0, 0.1) is 12.3 Å². The minimum absolute atomic E-state index is 0.141. The second kappa shape index (κ2) is 9.32. The maximum atomic E-state index is 12.6. The van der Waals surface area contributed by atoms with E-state index in [9.17, 15) is 19.2 Å². The Morgan fingerprint density at radius 2 is 2.07 bits per heavy atom. The van der Waals surface area contributed by atoms with E-state index in [1.54, 1.807) is 18.2 Å². The van der Waals surface area contributed by atoms with Crippen molar-refractivity contribution in [1.82, 2.24) is 10.2 Å². The largest absolute Gasteiger partial charge is 0.369 e. The molecule has 0 bridgehead atoms. The molecule has 9 heteroatoms. The Morgan fingerprint density at radius 1 is 1.28 bits per heavy atom. The number of hydrogen-bond acceptors (Lipinski definition) is 6. The van der Waals surface area contributed by atoms with Gasteiger partial charge in [-0.05, 0) is 30.2 Å². The number of hydrogen-bond donors (Lipinski definition) is 2. The first-order valence-corrected chi connectivity index (χ1v) is 9.16. The number of imide groups is 1. The Hall–Kier alpha value is -3.22. The predicted octanol–water partition coefficient (Wildman–Crippen LogP) is 0.0525. The quantitative estimate of drug-likeness (QED) is 0.363. The van der Waals surface area contributed by atoms with Crippen LogP contribution in [0.15, 0.2) is 18.2 Å². The van der Waals surface area contributed by atoms with Crippen LogP contribution in [0.2, 0.25) is 0 Å². The Bertz CT molecular complexity index is 875. The predicted molar refractivity (Wildman–Crippen MR) is 102 cm³/mol. The number of nitrogens with one attached hydrogen (secondary N) is 2. The molecule has 2 N–H and O–H groups in total. The summed E-state index contributed by atoms with van der Waals surface area (Å²) in [6.45, 7) is 0.841. The highest BCUT2D eigenvalue weighted by atomic mass is 16.5. The lowest BCUT2D eigenvalue weighted by Crippen LogP contribution is -2.52. The van der Waals surface area contributed by atoms with Crippen molar-refractivity contribution in [1.29, 1.82) is 0 Å². The maximum Gasteiger partial charge on any atom is 0.255 e. The van der Waals surface area contributed by atoms with Crippen molar-refractivity contribution in [3.8, 4) is 12.3 Å². The van der Waals surface area contributed by atoms with E-state index < -0.39 is 11.9 Å². The van der Waals surface area contributed by atoms with E-state index in [0.717, 1.165) is 0 Å². The third kappa shape index (κ3) is 4.99. The monoisotopic (exact) mass is 399 g/mol. The van der Waals surface area contributed by atoms with Gasteiger partial charge in [0.15, 0.2) is 0 Å². The van der Waals surface area contributed by atoms with E-state index >= 15 is 0 Å². The van der Waals surface area contributed by atoms with Gasteiger partial charge in [0.1, 0.15) is 19.3 Å². The van der Waals surface area contributed by atoms with Gasteiger partial charge in [-0.1, -0.05) is 5.92 Å². The Kier molecular flexibility index (Phi) is 6.59. The van der Waals surface area contributed by atoms with Crippen LogP contribution in [0.5, 0.6) is 0 Å². The molecule has 2 aliphatic heterocycles. The lowest BCUT2D eigenvalue weighted by molar-refractivity contribution is -0.137. The molecule has 2 heterocycles. The second-order valence-electron chi connectivity index (χ2n) is 6.63. The molecule has 0 aliphatic carbocycles. The van der Waals surface area contributed by atoms with Crippen molar-refractivity contribution < 1.29 is 28.7 Å². The summed E-state index contributed by atoms with van der Waals surface area (Å²) in [5.74, 6) is 0.942. The number of anilines is 1. The lowest BCUT2D eigenvalue weighted by atomic mass is 10.0. The van der Waals surface area contributed by atoms with Gasteiger partial charge in [-0.25, -0.2) is 0 Å². The average molecular weight is 399 g/mol. The smallest absolute Gasteiger partial charge is 0.255 e. The highest BCUT2D eigenvalue weighted by Gasteiger charge is 2.39. The number of benzene rings is 1. The van der Waals surface area contributed by atoms with Crippen LogP contribution in [-0.4, -0.2) is 61.0 Å². The summed E-state index contributed by atoms with van der Waals surface area (Å²) in [4.78, 5) is 49.5. The van der Waals surface area contributed by atoms with E-state index in [-0.39, 0.29) is 50.5 Å². The van der Waals surface area contributed by atoms with E-state index in [4.69, 9.17) is 15.9 Å². The molecule has 4 amide bonds. The summed E-state index contributed by atoms with van der Waals surface area (Å²) in [7, 11) is 0. The number of nitrogens with zero attached hydrogens (tertiary/aromatic N) is 1. The normalized spacial score (nSPS) is 18.2. The van der Waals surface area contributed by atoms with Crippen molar-refractivity contribution >= 4 is 29.3 Å². The van der Waals surface area contributed by atoms with Crippen molar-refractivity contribution in [3.05, 3.63) is 29.3 Å². The van der Waals surface area contributed by atoms with Gasteiger partial charge in [0.05, 0.1) is 13.2 Å². The summed E-state index contributed by atoms with van der Waals surface area (Å²) in [6.07, 6.45) is 5.55. The summed E-state index contributed by atoms with van der Waals surface area (Å²) in [6, 6.07) is 4.27. The van der Waals surface area contributed by atoms with Crippen LogP contribution < -0.4 is 10.6 Å². The zero-order chi connectivity index (χ0) is 20.8. The van der Waals surface area contributed by atoms with Crippen molar-refractivity contribution in [2.45, 2.75) is 25.4 Å². The summed E-state index contributed by atoms with van der Waals surface area (Å²) in [5, 5.41) is 4.97. The van der Waals surface area contributed by atoms with Crippen molar-refractivity contribution in [2.75, 3.05) is 31.7 Å². The molecule has 0 aromatic heterocycles.